The van der Waals surface area contributed by atoms with Crippen LogP contribution in [0.5, 0.6) is 0 Å². The summed E-state index contributed by atoms with van der Waals surface area (Å²) < 4.78 is 0. The lowest BCUT2D eigenvalue weighted by Gasteiger charge is -2.35. The van der Waals surface area contributed by atoms with Gasteiger partial charge in [-0.15, -0.1) is 0 Å². The van der Waals surface area contributed by atoms with Gasteiger partial charge in [-0.25, -0.2) is 4.98 Å². The van der Waals surface area contributed by atoms with Gasteiger partial charge in [0, 0.05) is 24.4 Å². The second-order valence-corrected chi connectivity index (χ2v) is 4.66. The molecule has 0 amide bonds. The molecule has 1 aromatic heterocycles. The lowest BCUT2D eigenvalue weighted by Crippen LogP contribution is -2.35. The summed E-state index contributed by atoms with van der Waals surface area (Å²) in [5.41, 5.74) is 0.0514. The van der Waals surface area contributed by atoms with Crippen LogP contribution in [0.1, 0.15) is 32.1 Å². The highest BCUT2D eigenvalue weighted by atomic mass is 16.3. The van der Waals surface area contributed by atoms with Gasteiger partial charge in [-0.2, -0.15) is 0 Å². The Morgan fingerprint density at radius 2 is 2.06 bits per heavy atom. The quantitative estimate of drug-likeness (QED) is 0.814. The summed E-state index contributed by atoms with van der Waals surface area (Å²) in [5.74, 6) is 0.792. The molecule has 0 radical (unpaired) electrons. The number of nitrogens with zero attached hydrogens (tertiary/aromatic N) is 2. The van der Waals surface area contributed by atoms with Gasteiger partial charge in [0.1, 0.15) is 5.82 Å². The van der Waals surface area contributed by atoms with Crippen molar-refractivity contribution in [3.05, 3.63) is 18.6 Å². The third-order valence-electron chi connectivity index (χ3n) is 3.46. The van der Waals surface area contributed by atoms with Crippen LogP contribution in [0.3, 0.4) is 0 Å². The van der Waals surface area contributed by atoms with Gasteiger partial charge in [0.15, 0.2) is 0 Å². The van der Waals surface area contributed by atoms with Gasteiger partial charge >= 0.3 is 0 Å². The van der Waals surface area contributed by atoms with Crippen molar-refractivity contribution in [1.82, 2.24) is 9.97 Å². The molecule has 1 fully saturated rings. The van der Waals surface area contributed by atoms with Crippen molar-refractivity contribution in [2.45, 2.75) is 32.1 Å². The maximum atomic E-state index is 9.54. The molecule has 4 heteroatoms. The molecule has 2 N–H and O–H groups in total. The Labute approximate surface area is 96.1 Å². The summed E-state index contributed by atoms with van der Waals surface area (Å²) in [6.07, 6.45) is 11.0. The minimum atomic E-state index is 0.0514. The first-order valence-electron chi connectivity index (χ1n) is 5.95. The van der Waals surface area contributed by atoms with Gasteiger partial charge in [-0.3, -0.25) is 4.98 Å². The minimum Gasteiger partial charge on any atom is -0.396 e. The molecule has 1 heterocycles. The molecule has 0 aliphatic heterocycles. The van der Waals surface area contributed by atoms with E-state index in [2.05, 4.69) is 15.3 Å². The standard InChI is InChI=1S/C12H19N3O/c16-10-12(4-2-1-3-5-12)9-15-11-8-13-6-7-14-11/h6-8,16H,1-5,9-10H2,(H,14,15). The highest BCUT2D eigenvalue weighted by Crippen LogP contribution is 2.35. The molecular weight excluding hydrogens is 202 g/mol. The lowest BCUT2D eigenvalue weighted by molar-refractivity contribution is 0.0943. The summed E-state index contributed by atoms with van der Waals surface area (Å²) in [5, 5.41) is 12.8. The second kappa shape index (κ2) is 5.25. The predicted octanol–water partition coefficient (Wildman–Crippen LogP) is 1.83. The summed E-state index contributed by atoms with van der Waals surface area (Å²) in [6.45, 7) is 1.06. The Morgan fingerprint density at radius 3 is 2.69 bits per heavy atom. The fourth-order valence-electron chi connectivity index (χ4n) is 2.36. The molecule has 0 saturated heterocycles. The van der Waals surface area contributed by atoms with E-state index in [1.807, 2.05) is 0 Å². The van der Waals surface area contributed by atoms with Crippen molar-refractivity contribution in [3.63, 3.8) is 0 Å². The van der Waals surface area contributed by atoms with Gasteiger partial charge in [0.25, 0.3) is 0 Å². The van der Waals surface area contributed by atoms with Gasteiger partial charge < -0.3 is 10.4 Å². The normalized spacial score (nSPS) is 19.3. The Kier molecular flexibility index (Phi) is 3.72. The topological polar surface area (TPSA) is 58.0 Å². The molecule has 0 aromatic carbocycles. The maximum absolute atomic E-state index is 9.54. The predicted molar refractivity (Wildman–Crippen MR) is 63.1 cm³/mol. The van der Waals surface area contributed by atoms with Crippen LogP contribution in [0.15, 0.2) is 18.6 Å². The molecule has 1 saturated carbocycles. The first-order valence-corrected chi connectivity index (χ1v) is 5.95. The van der Waals surface area contributed by atoms with Gasteiger partial charge in [-0.05, 0) is 12.8 Å². The number of hydrogen-bond acceptors (Lipinski definition) is 4. The molecule has 0 spiro atoms. The van der Waals surface area contributed by atoms with Gasteiger partial charge in [-0.1, -0.05) is 19.3 Å². The number of hydrogen-bond donors (Lipinski definition) is 2. The van der Waals surface area contributed by atoms with Gasteiger partial charge in [0.05, 0.1) is 12.8 Å². The molecule has 0 unspecified atom stereocenters. The number of nitrogens with one attached hydrogen (secondary N) is 1. The summed E-state index contributed by atoms with van der Waals surface area (Å²) in [7, 11) is 0. The average Bonchev–Trinajstić information content (AvgIpc) is 2.39. The van der Waals surface area contributed by atoms with Gasteiger partial charge in [0.2, 0.25) is 0 Å². The Balaban J connectivity index is 1.92. The highest BCUT2D eigenvalue weighted by Gasteiger charge is 2.31. The molecular formula is C12H19N3O. The number of aromatic nitrogens is 2. The Bertz CT molecular complexity index is 309. The average molecular weight is 221 g/mol. The zero-order chi connectivity index (χ0) is 11.3. The van der Waals surface area contributed by atoms with Crippen LogP contribution in [-0.2, 0) is 0 Å². The monoisotopic (exact) mass is 221 g/mol. The second-order valence-electron chi connectivity index (χ2n) is 4.66. The zero-order valence-corrected chi connectivity index (χ0v) is 9.52. The molecule has 0 atom stereocenters. The molecule has 4 nitrogen and oxygen atoms in total. The van der Waals surface area contributed by atoms with Crippen LogP contribution in [0.4, 0.5) is 5.82 Å². The van der Waals surface area contributed by atoms with E-state index in [1.54, 1.807) is 18.6 Å². The Morgan fingerprint density at radius 1 is 1.25 bits per heavy atom. The smallest absolute Gasteiger partial charge is 0.144 e. The van der Waals surface area contributed by atoms with Crippen molar-refractivity contribution in [3.8, 4) is 0 Å². The van der Waals surface area contributed by atoms with Crippen molar-refractivity contribution < 1.29 is 5.11 Å². The Hall–Kier alpha value is -1.16. The summed E-state index contributed by atoms with van der Waals surface area (Å²) >= 11 is 0. The molecule has 1 aliphatic rings. The van der Waals surface area contributed by atoms with Crippen molar-refractivity contribution >= 4 is 5.82 Å². The van der Waals surface area contributed by atoms with E-state index in [0.717, 1.165) is 25.2 Å². The van der Waals surface area contributed by atoms with Crippen molar-refractivity contribution in [2.75, 3.05) is 18.5 Å². The molecule has 0 bridgehead atoms. The first-order chi connectivity index (χ1) is 7.85. The lowest BCUT2D eigenvalue weighted by atomic mass is 9.74. The first kappa shape index (κ1) is 11.3. The van der Waals surface area contributed by atoms with Crippen LogP contribution in [-0.4, -0.2) is 28.2 Å². The van der Waals surface area contributed by atoms with Crippen LogP contribution < -0.4 is 5.32 Å². The van der Waals surface area contributed by atoms with Crippen LogP contribution in [0.25, 0.3) is 0 Å². The fourth-order valence-corrected chi connectivity index (χ4v) is 2.36. The van der Waals surface area contributed by atoms with E-state index in [-0.39, 0.29) is 12.0 Å². The minimum absolute atomic E-state index is 0.0514. The van der Waals surface area contributed by atoms with Crippen LogP contribution in [0, 0.1) is 5.41 Å². The highest BCUT2D eigenvalue weighted by molar-refractivity contribution is 5.30. The number of aliphatic hydroxyl groups excluding tert-OH is 1. The fraction of sp³-hybridized carbons (Fsp3) is 0.667. The van der Waals surface area contributed by atoms with Crippen LogP contribution >= 0.6 is 0 Å². The van der Waals surface area contributed by atoms with E-state index in [1.165, 1.54) is 19.3 Å². The van der Waals surface area contributed by atoms with Crippen LogP contribution in [0.2, 0.25) is 0 Å². The molecule has 2 rings (SSSR count). The van der Waals surface area contributed by atoms with Crippen molar-refractivity contribution in [1.29, 1.82) is 0 Å². The number of anilines is 1. The largest absolute Gasteiger partial charge is 0.396 e. The number of aliphatic hydroxyl groups is 1. The van der Waals surface area contributed by atoms with E-state index >= 15 is 0 Å². The van der Waals surface area contributed by atoms with Crippen molar-refractivity contribution in [2.24, 2.45) is 5.41 Å². The third kappa shape index (κ3) is 2.70. The third-order valence-corrected chi connectivity index (χ3v) is 3.46. The summed E-state index contributed by atoms with van der Waals surface area (Å²) in [6, 6.07) is 0. The molecule has 16 heavy (non-hydrogen) atoms. The van der Waals surface area contributed by atoms with E-state index in [4.69, 9.17) is 0 Å². The molecule has 1 aromatic rings. The number of rotatable bonds is 4. The van der Waals surface area contributed by atoms with E-state index < -0.39 is 0 Å². The molecule has 88 valence electrons. The zero-order valence-electron chi connectivity index (χ0n) is 9.52. The van der Waals surface area contributed by atoms with E-state index in [9.17, 15) is 5.11 Å². The summed E-state index contributed by atoms with van der Waals surface area (Å²) in [4.78, 5) is 8.18. The molecule has 1 aliphatic carbocycles. The maximum Gasteiger partial charge on any atom is 0.144 e. The van der Waals surface area contributed by atoms with E-state index in [0.29, 0.717) is 0 Å². The SMILES string of the molecule is OCC1(CNc2cnccn2)CCCCC1.